The van der Waals surface area contributed by atoms with E-state index >= 15 is 0 Å². The van der Waals surface area contributed by atoms with Crippen LogP contribution in [0, 0.1) is 0 Å². The summed E-state index contributed by atoms with van der Waals surface area (Å²) in [6.45, 7) is 4.48. The molecule has 0 radical (unpaired) electrons. The monoisotopic (exact) mass is 606 g/mol. The number of halogens is 1. The Labute approximate surface area is 261 Å². The quantitative estimate of drug-likeness (QED) is 0.0637. The van der Waals surface area contributed by atoms with Crippen LogP contribution in [-0.2, 0) is 8.85 Å². The summed E-state index contributed by atoms with van der Waals surface area (Å²) in [5.41, 5.74) is 0. The Hall–Kier alpha value is 0.387. The van der Waals surface area contributed by atoms with E-state index in [0.29, 0.717) is 0 Å². The van der Waals surface area contributed by atoms with Crippen molar-refractivity contribution in [1.82, 2.24) is 0 Å². The third-order valence-electron chi connectivity index (χ3n) is 9.27. The van der Waals surface area contributed by atoms with Gasteiger partial charge in [0, 0.05) is 14.2 Å². The first-order valence-corrected chi connectivity index (χ1v) is 20.4. The Bertz CT molecular complexity index is 476. The fourth-order valence-corrected chi connectivity index (χ4v) is 7.49. The van der Waals surface area contributed by atoms with E-state index in [2.05, 4.69) is 27.6 Å². The van der Waals surface area contributed by atoms with Crippen molar-refractivity contribution in [2.24, 2.45) is 0 Å². The molecule has 0 saturated heterocycles. The molecule has 0 aliphatic rings. The van der Waals surface area contributed by atoms with Crippen LogP contribution in [0.4, 0.5) is 0 Å². The van der Waals surface area contributed by atoms with E-state index in [1.807, 2.05) is 0 Å². The van der Waals surface area contributed by atoms with Gasteiger partial charge in [-0.15, -0.1) is 0 Å². The van der Waals surface area contributed by atoms with E-state index in [4.69, 9.17) is 8.85 Å². The average Bonchev–Trinajstić information content (AvgIpc) is 2.94. The third-order valence-corrected chi connectivity index (χ3v) is 12.3. The second-order valence-electron chi connectivity index (χ2n) is 13.1. The molecule has 244 valence electrons. The number of quaternary nitrogens is 1. The minimum atomic E-state index is -1.83. The fraction of sp³-hybridized carbons (Fsp3) is 1.00. The van der Waals surface area contributed by atoms with Gasteiger partial charge in [-0.3, -0.25) is 0 Å². The molecule has 1 atom stereocenters. The van der Waals surface area contributed by atoms with Crippen LogP contribution in [0.3, 0.4) is 0 Å². The van der Waals surface area contributed by atoms with Crippen LogP contribution in [0.2, 0.25) is 12.6 Å². The topological polar surface area (TPSA) is 22.9 Å². The molecule has 0 rings (SSSR count). The van der Waals surface area contributed by atoms with E-state index in [1.165, 1.54) is 173 Å². The molecule has 0 aromatic carbocycles. The molecule has 0 bridgehead atoms. The normalized spacial score (nSPS) is 12.7. The van der Waals surface area contributed by atoms with Crippen molar-refractivity contribution in [3.8, 4) is 0 Å². The highest BCUT2D eigenvalue weighted by atomic mass is 35.5. The SMILES string of the molecule is CCCCCCCCCCCCCCCCCC(CCCCCCCCCCCC[Si](C)(OC)OC)[NH+](C)C.[Cl-]. The number of hydrogen-bond acceptors (Lipinski definition) is 2. The Morgan fingerprint density at radius 1 is 0.475 bits per heavy atom. The summed E-state index contributed by atoms with van der Waals surface area (Å²) in [4.78, 5) is 1.68. The lowest BCUT2D eigenvalue weighted by Gasteiger charge is -2.22. The van der Waals surface area contributed by atoms with Gasteiger partial charge in [-0.1, -0.05) is 155 Å². The average molecular weight is 607 g/mol. The summed E-state index contributed by atoms with van der Waals surface area (Å²) >= 11 is 0. The second kappa shape index (κ2) is 32.3. The number of hydrogen-bond donors (Lipinski definition) is 1. The van der Waals surface area contributed by atoms with Crippen molar-refractivity contribution in [2.45, 2.75) is 199 Å². The van der Waals surface area contributed by atoms with Crippen LogP contribution >= 0.6 is 0 Å². The van der Waals surface area contributed by atoms with Crippen molar-refractivity contribution in [3.63, 3.8) is 0 Å². The lowest BCUT2D eigenvalue weighted by Crippen LogP contribution is -3.10. The van der Waals surface area contributed by atoms with Crippen LogP contribution in [0.25, 0.3) is 0 Å². The van der Waals surface area contributed by atoms with E-state index in [1.54, 1.807) is 19.1 Å². The van der Waals surface area contributed by atoms with Crippen LogP contribution in [0.5, 0.6) is 0 Å². The van der Waals surface area contributed by atoms with Crippen molar-refractivity contribution in [3.05, 3.63) is 0 Å². The molecular weight excluding hydrogens is 530 g/mol. The molecule has 40 heavy (non-hydrogen) atoms. The van der Waals surface area contributed by atoms with E-state index < -0.39 is 8.56 Å². The van der Waals surface area contributed by atoms with Gasteiger partial charge in [-0.25, -0.2) is 0 Å². The third kappa shape index (κ3) is 28.5. The van der Waals surface area contributed by atoms with Gasteiger partial charge in [0.2, 0.25) is 0 Å². The smallest absolute Gasteiger partial charge is 0.334 e. The molecular formula is C35H76ClNO2Si. The maximum absolute atomic E-state index is 5.58. The number of nitrogens with one attached hydrogen (secondary N) is 1. The fourth-order valence-electron chi connectivity index (χ4n) is 6.02. The molecule has 0 fully saturated rings. The molecule has 1 unspecified atom stereocenters. The zero-order chi connectivity index (χ0) is 28.9. The minimum absolute atomic E-state index is 0. The predicted molar refractivity (Wildman–Crippen MR) is 177 cm³/mol. The van der Waals surface area contributed by atoms with Gasteiger partial charge < -0.3 is 26.2 Å². The van der Waals surface area contributed by atoms with Gasteiger partial charge in [0.1, 0.15) is 0 Å². The van der Waals surface area contributed by atoms with Crippen molar-refractivity contribution >= 4 is 8.56 Å². The van der Waals surface area contributed by atoms with Gasteiger partial charge >= 0.3 is 8.56 Å². The zero-order valence-electron chi connectivity index (χ0n) is 28.6. The Morgan fingerprint density at radius 3 is 1.02 bits per heavy atom. The van der Waals surface area contributed by atoms with Gasteiger partial charge in [0.15, 0.2) is 0 Å². The highest BCUT2D eigenvalue weighted by Gasteiger charge is 2.27. The summed E-state index contributed by atoms with van der Waals surface area (Å²) in [7, 11) is 6.53. The Kier molecular flexibility index (Phi) is 34.3. The number of unbranched alkanes of at least 4 members (excludes halogenated alkanes) is 23. The van der Waals surface area contributed by atoms with Gasteiger partial charge in [-0.05, 0) is 38.3 Å². The largest absolute Gasteiger partial charge is 1.00 e. The predicted octanol–water partition coefficient (Wildman–Crippen LogP) is 7.42. The molecule has 0 saturated carbocycles. The van der Waals surface area contributed by atoms with Crippen LogP contribution in [0.15, 0.2) is 0 Å². The second-order valence-corrected chi connectivity index (χ2v) is 16.7. The van der Waals surface area contributed by atoms with E-state index in [0.717, 1.165) is 12.1 Å². The lowest BCUT2D eigenvalue weighted by atomic mass is 9.99. The molecule has 0 heterocycles. The van der Waals surface area contributed by atoms with E-state index in [9.17, 15) is 0 Å². The molecule has 0 aromatic heterocycles. The Morgan fingerprint density at radius 2 is 0.750 bits per heavy atom. The zero-order valence-corrected chi connectivity index (χ0v) is 30.3. The van der Waals surface area contributed by atoms with Crippen LogP contribution in [-0.4, -0.2) is 42.9 Å². The first kappa shape index (κ1) is 42.5. The molecule has 5 heteroatoms. The molecule has 0 aliphatic carbocycles. The van der Waals surface area contributed by atoms with Crippen LogP contribution < -0.4 is 17.3 Å². The van der Waals surface area contributed by atoms with E-state index in [-0.39, 0.29) is 12.4 Å². The molecule has 0 spiro atoms. The van der Waals surface area contributed by atoms with Gasteiger partial charge in [0.25, 0.3) is 0 Å². The maximum atomic E-state index is 5.58. The highest BCUT2D eigenvalue weighted by molar-refractivity contribution is 6.65. The number of rotatable bonds is 32. The standard InChI is InChI=1S/C35H75NO2Si.ClH/c1-7-8-9-10-11-12-13-14-15-16-17-20-23-26-29-32-35(36(2)3)33-30-27-24-21-18-19-22-25-28-31-34-39(6,37-4)38-5;/h35H,7-34H2,1-6H3;1H. The first-order chi connectivity index (χ1) is 19.0. The van der Waals surface area contributed by atoms with Crippen molar-refractivity contribution < 1.29 is 26.2 Å². The lowest BCUT2D eigenvalue weighted by molar-refractivity contribution is -0.886. The summed E-state index contributed by atoms with van der Waals surface area (Å²) in [6, 6.07) is 2.02. The molecule has 0 aliphatic heterocycles. The van der Waals surface area contributed by atoms with Crippen molar-refractivity contribution in [1.29, 1.82) is 0 Å². The maximum Gasteiger partial charge on any atom is 0.334 e. The van der Waals surface area contributed by atoms with Gasteiger partial charge in [0.05, 0.1) is 20.1 Å². The Balaban J connectivity index is 0. The highest BCUT2D eigenvalue weighted by Crippen LogP contribution is 2.18. The minimum Gasteiger partial charge on any atom is -1.00 e. The summed E-state index contributed by atoms with van der Waals surface area (Å²) in [5.74, 6) is 0. The van der Waals surface area contributed by atoms with Crippen LogP contribution in [0.1, 0.15) is 180 Å². The van der Waals surface area contributed by atoms with Crippen molar-refractivity contribution in [2.75, 3.05) is 28.3 Å². The summed E-state index contributed by atoms with van der Waals surface area (Å²) in [6.07, 6.45) is 38.8. The molecule has 0 aromatic rings. The van der Waals surface area contributed by atoms with Gasteiger partial charge in [-0.2, -0.15) is 0 Å². The summed E-state index contributed by atoms with van der Waals surface area (Å²) in [5, 5.41) is 0. The molecule has 0 amide bonds. The molecule has 3 nitrogen and oxygen atoms in total. The summed E-state index contributed by atoms with van der Waals surface area (Å²) < 4.78 is 11.2. The molecule has 1 N–H and O–H groups in total. The first-order valence-electron chi connectivity index (χ1n) is 17.9.